The zero-order chi connectivity index (χ0) is 30.7. The molecule has 1 unspecified atom stereocenters. The molecule has 1 atom stereocenters. The molecule has 1 heterocycles. The van der Waals surface area contributed by atoms with E-state index in [1.807, 2.05) is 0 Å². The van der Waals surface area contributed by atoms with E-state index in [4.69, 9.17) is 4.74 Å². The van der Waals surface area contributed by atoms with Crippen LogP contribution in [0.2, 0.25) is 0 Å². The predicted octanol–water partition coefficient (Wildman–Crippen LogP) is 11.2. The highest BCUT2D eigenvalue weighted by molar-refractivity contribution is 5.88. The van der Waals surface area contributed by atoms with Gasteiger partial charge in [0, 0.05) is 16.5 Å². The lowest BCUT2D eigenvalue weighted by Crippen LogP contribution is -2.29. The second-order valence-electron chi connectivity index (χ2n) is 12.6. The predicted molar refractivity (Wildman–Crippen MR) is 188 cm³/mol. The molecule has 0 saturated carbocycles. The van der Waals surface area contributed by atoms with Crippen LogP contribution in [-0.4, -0.2) is 0 Å². The number of para-hydroxylation sites is 1. The van der Waals surface area contributed by atoms with E-state index >= 15 is 0 Å². The summed E-state index contributed by atoms with van der Waals surface area (Å²) < 4.78 is 6.68. The summed E-state index contributed by atoms with van der Waals surface area (Å²) in [6, 6.07) is 63.9. The third kappa shape index (κ3) is 3.69. The molecular formula is C45H32O. The molecule has 0 spiro atoms. The Kier molecular flexibility index (Phi) is 5.92. The van der Waals surface area contributed by atoms with Crippen molar-refractivity contribution >= 4 is 0 Å². The fraction of sp³-hybridized carbons (Fsp3) is 0.0667. The highest BCUT2D eigenvalue weighted by Gasteiger charge is 2.46. The van der Waals surface area contributed by atoms with Crippen molar-refractivity contribution in [3.05, 3.63) is 215 Å². The molecule has 46 heavy (non-hydrogen) atoms. The largest absolute Gasteiger partial charge is 0.457 e. The maximum Gasteiger partial charge on any atom is 0.132 e. The zero-order valence-electron chi connectivity index (χ0n) is 25.7. The van der Waals surface area contributed by atoms with Gasteiger partial charge in [-0.05, 0) is 75.2 Å². The van der Waals surface area contributed by atoms with Gasteiger partial charge in [-0.2, -0.15) is 0 Å². The van der Waals surface area contributed by atoms with Gasteiger partial charge in [-0.1, -0.05) is 158 Å². The van der Waals surface area contributed by atoms with Crippen LogP contribution in [0.15, 0.2) is 176 Å². The van der Waals surface area contributed by atoms with Gasteiger partial charge in [0.1, 0.15) is 11.5 Å². The Balaban J connectivity index is 1.26. The summed E-state index contributed by atoms with van der Waals surface area (Å²) in [4.78, 5) is 0. The average molecular weight is 589 g/mol. The summed E-state index contributed by atoms with van der Waals surface area (Å²) in [6.45, 7) is 2.32. The van der Waals surface area contributed by atoms with E-state index in [0.29, 0.717) is 0 Å². The molecule has 0 fully saturated rings. The first kappa shape index (κ1) is 26.7. The molecule has 1 heteroatoms. The molecule has 0 N–H and O–H groups in total. The van der Waals surface area contributed by atoms with Gasteiger partial charge < -0.3 is 4.74 Å². The normalized spacial score (nSPS) is 16.8. The lowest BCUT2D eigenvalue weighted by Gasteiger charge is -2.38. The van der Waals surface area contributed by atoms with E-state index in [1.54, 1.807) is 0 Å². The summed E-state index contributed by atoms with van der Waals surface area (Å²) in [5, 5.41) is 0. The van der Waals surface area contributed by atoms with Gasteiger partial charge in [-0.15, -0.1) is 0 Å². The first-order valence-electron chi connectivity index (χ1n) is 16.0. The lowest BCUT2D eigenvalue weighted by molar-refractivity contribution is 0.427. The molecule has 0 amide bonds. The maximum atomic E-state index is 6.68. The van der Waals surface area contributed by atoms with Crippen LogP contribution in [0.5, 0.6) is 11.5 Å². The number of fused-ring (bicyclic) bond motifs is 5. The minimum atomic E-state index is -0.431. The van der Waals surface area contributed by atoms with Gasteiger partial charge in [0.05, 0.1) is 5.41 Å². The first-order chi connectivity index (χ1) is 22.7. The topological polar surface area (TPSA) is 9.23 Å². The number of hydrogen-bond donors (Lipinski definition) is 0. The Bertz CT molecular complexity index is 2190. The molecule has 1 nitrogen and oxygen atoms in total. The van der Waals surface area contributed by atoms with Crippen LogP contribution in [0, 0.1) is 0 Å². The van der Waals surface area contributed by atoms with Gasteiger partial charge >= 0.3 is 0 Å². The Morgan fingerprint density at radius 2 is 0.870 bits per heavy atom. The SMILES string of the molecule is CC1(c2ccccc2)c2ccccc2Oc2cc(-c3ccc4c(c3)C(c3ccccc3)(c3ccccc3)c3ccccc3-4)ccc21. The summed E-state index contributed by atoms with van der Waals surface area (Å²) in [5.41, 5.74) is 12.9. The number of hydrogen-bond acceptors (Lipinski definition) is 1. The van der Waals surface area contributed by atoms with E-state index in [2.05, 4.69) is 183 Å². The molecule has 0 bridgehead atoms. The Labute approximate surface area is 270 Å². The van der Waals surface area contributed by atoms with Crippen molar-refractivity contribution in [2.24, 2.45) is 0 Å². The van der Waals surface area contributed by atoms with Crippen molar-refractivity contribution in [2.45, 2.75) is 17.8 Å². The summed E-state index contributed by atoms with van der Waals surface area (Å²) in [5.74, 6) is 1.82. The molecule has 0 saturated heterocycles. The minimum Gasteiger partial charge on any atom is -0.457 e. The van der Waals surface area contributed by atoms with Gasteiger partial charge in [0.15, 0.2) is 0 Å². The van der Waals surface area contributed by atoms with Crippen molar-refractivity contribution in [1.29, 1.82) is 0 Å². The van der Waals surface area contributed by atoms with Crippen LogP contribution in [0.4, 0.5) is 0 Å². The van der Waals surface area contributed by atoms with E-state index in [9.17, 15) is 0 Å². The van der Waals surface area contributed by atoms with Crippen LogP contribution in [0.25, 0.3) is 22.3 Å². The molecule has 7 aromatic carbocycles. The third-order valence-corrected chi connectivity index (χ3v) is 10.3. The molecule has 218 valence electrons. The Hall–Kier alpha value is -5.66. The Morgan fingerprint density at radius 1 is 0.370 bits per heavy atom. The van der Waals surface area contributed by atoms with Crippen molar-refractivity contribution in [2.75, 3.05) is 0 Å². The number of benzene rings is 7. The molecule has 0 aromatic heterocycles. The highest BCUT2D eigenvalue weighted by atomic mass is 16.5. The molecule has 9 rings (SSSR count). The molecule has 1 aliphatic heterocycles. The van der Waals surface area contributed by atoms with Crippen LogP contribution in [0.1, 0.15) is 45.9 Å². The average Bonchev–Trinajstić information content (AvgIpc) is 3.43. The fourth-order valence-electron chi connectivity index (χ4n) is 8.14. The second kappa shape index (κ2) is 10.2. The van der Waals surface area contributed by atoms with E-state index in [0.717, 1.165) is 17.1 Å². The standard InChI is InChI=1S/C45H32O/c1-44(33-15-5-2-6-16-33)39-23-13-14-24-42(39)46-43-30-32(26-28-40(43)44)31-25-27-37-36-21-11-12-22-38(36)45(41(37)29-31,34-17-7-3-8-18-34)35-19-9-4-10-20-35/h2-30H,1H3. The van der Waals surface area contributed by atoms with Gasteiger partial charge in [-0.3, -0.25) is 0 Å². The van der Waals surface area contributed by atoms with E-state index in [-0.39, 0.29) is 5.41 Å². The fourth-order valence-corrected chi connectivity index (χ4v) is 8.14. The molecule has 2 aliphatic rings. The van der Waals surface area contributed by atoms with Crippen molar-refractivity contribution < 1.29 is 4.74 Å². The van der Waals surface area contributed by atoms with Crippen molar-refractivity contribution in [3.63, 3.8) is 0 Å². The van der Waals surface area contributed by atoms with E-state index in [1.165, 1.54) is 55.6 Å². The van der Waals surface area contributed by atoms with Crippen LogP contribution in [0.3, 0.4) is 0 Å². The number of rotatable bonds is 4. The zero-order valence-corrected chi connectivity index (χ0v) is 25.7. The first-order valence-corrected chi connectivity index (χ1v) is 16.0. The summed E-state index contributed by atoms with van der Waals surface area (Å²) in [6.07, 6.45) is 0. The van der Waals surface area contributed by atoms with Crippen LogP contribution in [-0.2, 0) is 10.8 Å². The van der Waals surface area contributed by atoms with Crippen molar-refractivity contribution in [3.8, 4) is 33.8 Å². The molecule has 7 aromatic rings. The summed E-state index contributed by atoms with van der Waals surface area (Å²) >= 11 is 0. The quantitative estimate of drug-likeness (QED) is 0.199. The molecule has 0 radical (unpaired) electrons. The second-order valence-corrected chi connectivity index (χ2v) is 12.6. The monoisotopic (exact) mass is 588 g/mol. The highest BCUT2D eigenvalue weighted by Crippen LogP contribution is 2.57. The van der Waals surface area contributed by atoms with Gasteiger partial charge in [-0.25, -0.2) is 0 Å². The lowest BCUT2D eigenvalue weighted by atomic mass is 9.67. The third-order valence-electron chi connectivity index (χ3n) is 10.3. The molecular weight excluding hydrogens is 556 g/mol. The minimum absolute atomic E-state index is 0.334. The maximum absolute atomic E-state index is 6.68. The van der Waals surface area contributed by atoms with Crippen molar-refractivity contribution in [1.82, 2.24) is 0 Å². The Morgan fingerprint density at radius 3 is 1.57 bits per heavy atom. The van der Waals surface area contributed by atoms with Crippen LogP contribution < -0.4 is 4.74 Å². The van der Waals surface area contributed by atoms with Gasteiger partial charge in [0.25, 0.3) is 0 Å². The smallest absolute Gasteiger partial charge is 0.132 e. The summed E-state index contributed by atoms with van der Waals surface area (Å²) in [7, 11) is 0. The molecule has 1 aliphatic carbocycles. The van der Waals surface area contributed by atoms with E-state index < -0.39 is 5.41 Å². The van der Waals surface area contributed by atoms with Gasteiger partial charge in [0.2, 0.25) is 0 Å². The van der Waals surface area contributed by atoms with Crippen LogP contribution >= 0.6 is 0 Å². The number of ether oxygens (including phenoxy) is 1.